The first-order chi connectivity index (χ1) is 10.0. The van der Waals surface area contributed by atoms with Crippen LogP contribution in [-0.4, -0.2) is 14.2 Å². The van der Waals surface area contributed by atoms with Gasteiger partial charge in [0.25, 0.3) is 0 Å². The van der Waals surface area contributed by atoms with E-state index in [1.807, 2.05) is 19.1 Å². The molecule has 0 radical (unpaired) electrons. The maximum absolute atomic E-state index is 5.44. The number of nitrogens with one attached hydrogen (secondary N) is 1. The summed E-state index contributed by atoms with van der Waals surface area (Å²) in [4.78, 5) is 0. The minimum atomic E-state index is 0.740. The second-order valence-electron chi connectivity index (χ2n) is 4.96. The van der Waals surface area contributed by atoms with E-state index in [1.54, 1.807) is 14.2 Å². The molecule has 0 saturated heterocycles. The number of benzene rings is 2. The van der Waals surface area contributed by atoms with Crippen LogP contribution in [0.2, 0.25) is 0 Å². The molecule has 1 N–H and O–H groups in total. The topological polar surface area (TPSA) is 30.5 Å². The second-order valence-corrected chi connectivity index (χ2v) is 5.87. The summed E-state index contributed by atoms with van der Waals surface area (Å²) < 4.78 is 11.7. The first kappa shape index (κ1) is 15.7. The van der Waals surface area contributed by atoms with Crippen LogP contribution in [-0.2, 0) is 6.54 Å². The highest BCUT2D eigenvalue weighted by Crippen LogP contribution is 2.32. The van der Waals surface area contributed by atoms with E-state index < -0.39 is 0 Å². The van der Waals surface area contributed by atoms with Gasteiger partial charge in [0, 0.05) is 11.0 Å². The Morgan fingerprint density at radius 3 is 2.29 bits per heavy atom. The van der Waals surface area contributed by atoms with E-state index in [9.17, 15) is 0 Å². The molecule has 112 valence electrons. The van der Waals surface area contributed by atoms with Gasteiger partial charge >= 0.3 is 0 Å². The molecule has 2 aromatic rings. The molecule has 21 heavy (non-hydrogen) atoms. The molecule has 0 atom stereocenters. The Kier molecular flexibility index (Phi) is 5.12. The lowest BCUT2D eigenvalue weighted by molar-refractivity contribution is 0.411. The molecule has 0 spiro atoms. The summed E-state index contributed by atoms with van der Waals surface area (Å²) in [5.41, 5.74) is 4.51. The van der Waals surface area contributed by atoms with Crippen LogP contribution in [0.25, 0.3) is 0 Å². The number of anilines is 1. The molecule has 3 nitrogen and oxygen atoms in total. The third-order valence-corrected chi connectivity index (χ3v) is 3.87. The van der Waals surface area contributed by atoms with Crippen molar-refractivity contribution in [2.24, 2.45) is 0 Å². The molecule has 0 fully saturated rings. The number of hydrogen-bond donors (Lipinski definition) is 1. The van der Waals surface area contributed by atoms with Crippen molar-refractivity contribution in [2.75, 3.05) is 19.5 Å². The van der Waals surface area contributed by atoms with Crippen LogP contribution in [0.4, 0.5) is 5.69 Å². The van der Waals surface area contributed by atoms with E-state index in [0.29, 0.717) is 0 Å². The summed E-state index contributed by atoms with van der Waals surface area (Å²) in [6.07, 6.45) is 0. The van der Waals surface area contributed by atoms with Gasteiger partial charge in [-0.15, -0.1) is 0 Å². The van der Waals surface area contributed by atoms with E-state index in [1.165, 1.54) is 5.56 Å². The molecular formula is C17H20BrNO2. The van der Waals surface area contributed by atoms with Gasteiger partial charge in [0.1, 0.15) is 11.5 Å². The molecule has 0 unspecified atom stereocenters. The fourth-order valence-corrected chi connectivity index (χ4v) is 2.89. The number of rotatable bonds is 5. The highest BCUT2D eigenvalue weighted by atomic mass is 79.9. The SMILES string of the molecule is COc1ccc(CNc2c(C)cc(Br)cc2OC)cc1C. The minimum absolute atomic E-state index is 0.740. The van der Waals surface area contributed by atoms with E-state index >= 15 is 0 Å². The molecule has 0 aromatic heterocycles. The van der Waals surface area contributed by atoms with Gasteiger partial charge < -0.3 is 14.8 Å². The highest BCUT2D eigenvalue weighted by Gasteiger charge is 2.08. The Morgan fingerprint density at radius 2 is 1.67 bits per heavy atom. The molecule has 0 aliphatic carbocycles. The summed E-state index contributed by atoms with van der Waals surface area (Å²) in [5, 5.41) is 3.45. The normalized spacial score (nSPS) is 10.3. The first-order valence-electron chi connectivity index (χ1n) is 6.76. The number of hydrogen-bond acceptors (Lipinski definition) is 3. The van der Waals surface area contributed by atoms with Crippen molar-refractivity contribution in [3.63, 3.8) is 0 Å². The van der Waals surface area contributed by atoms with Crippen molar-refractivity contribution in [2.45, 2.75) is 20.4 Å². The quantitative estimate of drug-likeness (QED) is 0.848. The Balaban J connectivity index is 2.18. The summed E-state index contributed by atoms with van der Waals surface area (Å²) in [6, 6.07) is 10.2. The third-order valence-electron chi connectivity index (χ3n) is 3.41. The first-order valence-corrected chi connectivity index (χ1v) is 7.56. The van der Waals surface area contributed by atoms with E-state index in [2.05, 4.69) is 46.4 Å². The largest absolute Gasteiger partial charge is 0.496 e. The van der Waals surface area contributed by atoms with E-state index in [-0.39, 0.29) is 0 Å². The fraction of sp³-hybridized carbons (Fsp3) is 0.294. The Labute approximate surface area is 134 Å². The molecular weight excluding hydrogens is 330 g/mol. The van der Waals surface area contributed by atoms with Crippen LogP contribution in [0.1, 0.15) is 16.7 Å². The lowest BCUT2D eigenvalue weighted by Crippen LogP contribution is -2.04. The maximum atomic E-state index is 5.44. The molecule has 0 saturated carbocycles. The van der Waals surface area contributed by atoms with Crippen molar-refractivity contribution in [3.05, 3.63) is 51.5 Å². The summed E-state index contributed by atoms with van der Waals surface area (Å²) in [5.74, 6) is 1.75. The molecule has 0 heterocycles. The van der Waals surface area contributed by atoms with Crippen LogP contribution in [0, 0.1) is 13.8 Å². The van der Waals surface area contributed by atoms with Crippen molar-refractivity contribution in [1.82, 2.24) is 0 Å². The molecule has 4 heteroatoms. The monoisotopic (exact) mass is 349 g/mol. The van der Waals surface area contributed by atoms with Gasteiger partial charge in [0.2, 0.25) is 0 Å². The number of ether oxygens (including phenoxy) is 2. The Bertz CT molecular complexity index is 641. The number of aryl methyl sites for hydroxylation is 2. The zero-order valence-corrected chi connectivity index (χ0v) is 14.4. The van der Waals surface area contributed by atoms with Gasteiger partial charge in [-0.3, -0.25) is 0 Å². The van der Waals surface area contributed by atoms with Crippen LogP contribution in [0.3, 0.4) is 0 Å². The van der Waals surface area contributed by atoms with E-state index in [4.69, 9.17) is 9.47 Å². The molecule has 0 bridgehead atoms. The lowest BCUT2D eigenvalue weighted by Gasteiger charge is -2.15. The molecule has 2 aromatic carbocycles. The van der Waals surface area contributed by atoms with E-state index in [0.717, 1.165) is 39.3 Å². The van der Waals surface area contributed by atoms with Crippen molar-refractivity contribution in [3.8, 4) is 11.5 Å². The van der Waals surface area contributed by atoms with Gasteiger partial charge in [-0.2, -0.15) is 0 Å². The third kappa shape index (κ3) is 3.70. The smallest absolute Gasteiger partial charge is 0.143 e. The fourth-order valence-electron chi connectivity index (χ4n) is 2.34. The minimum Gasteiger partial charge on any atom is -0.496 e. The highest BCUT2D eigenvalue weighted by molar-refractivity contribution is 9.10. The van der Waals surface area contributed by atoms with Crippen molar-refractivity contribution >= 4 is 21.6 Å². The average molecular weight is 350 g/mol. The van der Waals surface area contributed by atoms with Gasteiger partial charge in [-0.25, -0.2) is 0 Å². The van der Waals surface area contributed by atoms with Crippen LogP contribution < -0.4 is 14.8 Å². The standard InChI is InChI=1S/C17H20BrNO2/c1-11-7-13(5-6-15(11)20-3)10-19-17-12(2)8-14(18)9-16(17)21-4/h5-9,19H,10H2,1-4H3. The molecule has 0 amide bonds. The zero-order chi connectivity index (χ0) is 15.4. The average Bonchev–Trinajstić information content (AvgIpc) is 2.45. The lowest BCUT2D eigenvalue weighted by atomic mass is 10.1. The van der Waals surface area contributed by atoms with Gasteiger partial charge in [-0.1, -0.05) is 28.1 Å². The van der Waals surface area contributed by atoms with Gasteiger partial charge in [0.15, 0.2) is 0 Å². The summed E-state index contributed by atoms with van der Waals surface area (Å²) in [6.45, 7) is 4.85. The molecule has 0 aliphatic heterocycles. The van der Waals surface area contributed by atoms with Crippen LogP contribution in [0.5, 0.6) is 11.5 Å². The van der Waals surface area contributed by atoms with Crippen LogP contribution >= 0.6 is 15.9 Å². The van der Waals surface area contributed by atoms with Crippen LogP contribution in [0.15, 0.2) is 34.8 Å². The molecule has 2 rings (SSSR count). The predicted molar refractivity (Wildman–Crippen MR) is 90.5 cm³/mol. The summed E-state index contributed by atoms with van der Waals surface area (Å²) in [7, 11) is 3.38. The van der Waals surface area contributed by atoms with Crippen molar-refractivity contribution < 1.29 is 9.47 Å². The Hall–Kier alpha value is -1.68. The second kappa shape index (κ2) is 6.85. The zero-order valence-electron chi connectivity index (χ0n) is 12.8. The predicted octanol–water partition coefficient (Wildman–Crippen LogP) is 4.70. The van der Waals surface area contributed by atoms with Gasteiger partial charge in [-0.05, 0) is 48.7 Å². The molecule has 0 aliphatic rings. The summed E-state index contributed by atoms with van der Waals surface area (Å²) >= 11 is 3.49. The number of halogens is 1. The maximum Gasteiger partial charge on any atom is 0.143 e. The number of methoxy groups -OCH3 is 2. The van der Waals surface area contributed by atoms with Crippen molar-refractivity contribution in [1.29, 1.82) is 0 Å². The van der Waals surface area contributed by atoms with Gasteiger partial charge in [0.05, 0.1) is 19.9 Å². The Morgan fingerprint density at radius 1 is 0.952 bits per heavy atom.